The first kappa shape index (κ1) is 19.0. The molecule has 2 amide bonds. The largest absolute Gasteiger partial charge is 0.351 e. The summed E-state index contributed by atoms with van der Waals surface area (Å²) in [4.78, 5) is 34.8. The van der Waals surface area contributed by atoms with E-state index in [-0.39, 0.29) is 11.8 Å². The zero-order chi connectivity index (χ0) is 19.5. The smallest absolute Gasteiger partial charge is 0.270 e. The average molecular weight is 383 g/mol. The molecule has 0 saturated carbocycles. The van der Waals surface area contributed by atoms with E-state index in [1.54, 1.807) is 0 Å². The molecule has 0 atom stereocenters. The summed E-state index contributed by atoms with van der Waals surface area (Å²) >= 11 is 0. The summed E-state index contributed by atoms with van der Waals surface area (Å²) in [5.74, 6) is 0.292. The maximum Gasteiger partial charge on any atom is 0.270 e. The third-order valence-electron chi connectivity index (χ3n) is 5.99. The zero-order valence-electron chi connectivity index (χ0n) is 16.7. The maximum absolute atomic E-state index is 12.9. The number of H-pyrrole nitrogens is 1. The Morgan fingerprint density at radius 1 is 0.893 bits per heavy atom. The quantitative estimate of drug-likeness (QED) is 0.888. The molecule has 0 radical (unpaired) electrons. The highest BCUT2D eigenvalue weighted by Crippen LogP contribution is 2.19. The van der Waals surface area contributed by atoms with E-state index in [1.165, 1.54) is 18.4 Å². The van der Waals surface area contributed by atoms with Crippen LogP contribution < -0.4 is 0 Å². The van der Waals surface area contributed by atoms with E-state index < -0.39 is 0 Å². The second kappa shape index (κ2) is 8.35. The van der Waals surface area contributed by atoms with Crippen molar-refractivity contribution in [3.8, 4) is 0 Å². The molecule has 2 fully saturated rings. The van der Waals surface area contributed by atoms with E-state index in [0.29, 0.717) is 25.3 Å². The summed E-state index contributed by atoms with van der Waals surface area (Å²) in [6, 6.07) is 8.11. The van der Waals surface area contributed by atoms with Gasteiger partial charge in [0.1, 0.15) is 5.69 Å². The Morgan fingerprint density at radius 2 is 1.61 bits per heavy atom. The Labute approximate surface area is 166 Å². The molecule has 4 rings (SSSR count). The second-order valence-electron chi connectivity index (χ2n) is 8.14. The Morgan fingerprint density at radius 3 is 2.32 bits per heavy atom. The summed E-state index contributed by atoms with van der Waals surface area (Å²) in [5, 5.41) is 1.07. The number of aromatic amines is 1. The third-order valence-corrected chi connectivity index (χ3v) is 5.99. The lowest BCUT2D eigenvalue weighted by Gasteiger charge is -2.35. The molecule has 1 aromatic heterocycles. The molecule has 2 saturated heterocycles. The van der Waals surface area contributed by atoms with Crippen molar-refractivity contribution in [1.82, 2.24) is 19.7 Å². The fraction of sp³-hybridized carbons (Fsp3) is 0.545. The SMILES string of the molecule is Cc1ccc2cc(C(=O)N3CCN(CC(=O)N4CCCCCC4)CC3)[nH]c2c1. The van der Waals surface area contributed by atoms with E-state index in [0.717, 1.165) is 49.9 Å². The molecular weight excluding hydrogens is 352 g/mol. The minimum Gasteiger partial charge on any atom is -0.351 e. The molecule has 0 unspecified atom stereocenters. The number of piperazine rings is 1. The number of hydrogen-bond donors (Lipinski definition) is 1. The lowest BCUT2D eigenvalue weighted by atomic mass is 10.2. The van der Waals surface area contributed by atoms with Crippen molar-refractivity contribution in [3.63, 3.8) is 0 Å². The highest BCUT2D eigenvalue weighted by Gasteiger charge is 2.25. The number of carbonyl (C=O) groups is 2. The summed E-state index contributed by atoms with van der Waals surface area (Å²) in [5.41, 5.74) is 2.83. The zero-order valence-corrected chi connectivity index (χ0v) is 16.7. The Bertz CT molecular complexity index is 843. The number of nitrogens with one attached hydrogen (secondary N) is 1. The van der Waals surface area contributed by atoms with Crippen LogP contribution in [0, 0.1) is 6.92 Å². The van der Waals surface area contributed by atoms with Crippen LogP contribution in [0.15, 0.2) is 24.3 Å². The Kier molecular flexibility index (Phi) is 5.67. The molecule has 150 valence electrons. The van der Waals surface area contributed by atoms with Gasteiger partial charge in [-0.15, -0.1) is 0 Å². The minimum absolute atomic E-state index is 0.0485. The molecule has 2 aromatic rings. The number of nitrogens with zero attached hydrogens (tertiary/aromatic N) is 3. The Hall–Kier alpha value is -2.34. The number of aromatic nitrogens is 1. The van der Waals surface area contributed by atoms with Gasteiger partial charge in [0.05, 0.1) is 6.54 Å². The number of carbonyl (C=O) groups excluding carboxylic acids is 2. The van der Waals surface area contributed by atoms with Crippen LogP contribution >= 0.6 is 0 Å². The average Bonchev–Trinajstić information content (AvgIpc) is 2.92. The fourth-order valence-electron chi connectivity index (χ4n) is 4.25. The first-order valence-electron chi connectivity index (χ1n) is 10.5. The maximum atomic E-state index is 12.9. The Balaban J connectivity index is 1.31. The van der Waals surface area contributed by atoms with Gasteiger partial charge in [-0.2, -0.15) is 0 Å². The van der Waals surface area contributed by atoms with Gasteiger partial charge < -0.3 is 14.8 Å². The lowest BCUT2D eigenvalue weighted by Crippen LogP contribution is -2.51. The standard InChI is InChI=1S/C22H30N4O2/c1-17-6-7-18-15-20(23-19(18)14-17)22(28)26-12-10-24(11-13-26)16-21(27)25-8-4-2-3-5-9-25/h6-7,14-15,23H,2-5,8-13,16H2,1H3. The number of likely N-dealkylation sites (tertiary alicyclic amines) is 1. The number of hydrogen-bond acceptors (Lipinski definition) is 3. The van der Waals surface area contributed by atoms with Crippen molar-refractivity contribution in [1.29, 1.82) is 0 Å². The van der Waals surface area contributed by atoms with Gasteiger partial charge in [0.15, 0.2) is 0 Å². The predicted molar refractivity (Wildman–Crippen MR) is 110 cm³/mol. The molecule has 3 heterocycles. The summed E-state index contributed by atoms with van der Waals surface area (Å²) < 4.78 is 0. The topological polar surface area (TPSA) is 59.7 Å². The monoisotopic (exact) mass is 382 g/mol. The molecule has 0 bridgehead atoms. The lowest BCUT2D eigenvalue weighted by molar-refractivity contribution is -0.132. The van der Waals surface area contributed by atoms with Gasteiger partial charge in [0.2, 0.25) is 5.91 Å². The van der Waals surface area contributed by atoms with Crippen molar-refractivity contribution in [3.05, 3.63) is 35.5 Å². The molecule has 1 aromatic carbocycles. The van der Waals surface area contributed by atoms with E-state index >= 15 is 0 Å². The number of rotatable bonds is 3. The van der Waals surface area contributed by atoms with Crippen LogP contribution in [0.2, 0.25) is 0 Å². The first-order chi connectivity index (χ1) is 13.6. The second-order valence-corrected chi connectivity index (χ2v) is 8.14. The van der Waals surface area contributed by atoms with Gasteiger partial charge in [-0.05, 0) is 37.5 Å². The van der Waals surface area contributed by atoms with Crippen molar-refractivity contribution in [2.75, 3.05) is 45.8 Å². The molecule has 2 aliphatic rings. The predicted octanol–water partition coefficient (Wildman–Crippen LogP) is 2.64. The molecular formula is C22H30N4O2. The summed E-state index contributed by atoms with van der Waals surface area (Å²) in [6.07, 6.45) is 4.71. The van der Waals surface area contributed by atoms with Crippen molar-refractivity contribution >= 4 is 22.7 Å². The van der Waals surface area contributed by atoms with Crippen LogP contribution in [-0.4, -0.2) is 77.3 Å². The van der Waals surface area contributed by atoms with Crippen molar-refractivity contribution < 1.29 is 9.59 Å². The van der Waals surface area contributed by atoms with Crippen LogP contribution in [-0.2, 0) is 4.79 Å². The molecule has 2 aliphatic heterocycles. The summed E-state index contributed by atoms with van der Waals surface area (Å²) in [6.45, 7) is 7.17. The van der Waals surface area contributed by atoms with Gasteiger partial charge >= 0.3 is 0 Å². The van der Waals surface area contributed by atoms with E-state index in [4.69, 9.17) is 0 Å². The molecule has 1 N–H and O–H groups in total. The van der Waals surface area contributed by atoms with Crippen LogP contribution in [0.5, 0.6) is 0 Å². The number of benzene rings is 1. The van der Waals surface area contributed by atoms with Gasteiger partial charge in [0.25, 0.3) is 5.91 Å². The number of fused-ring (bicyclic) bond motifs is 1. The molecule has 6 heteroatoms. The highest BCUT2D eigenvalue weighted by atomic mass is 16.2. The molecule has 6 nitrogen and oxygen atoms in total. The van der Waals surface area contributed by atoms with Crippen LogP contribution in [0.25, 0.3) is 10.9 Å². The van der Waals surface area contributed by atoms with E-state index in [9.17, 15) is 9.59 Å². The minimum atomic E-state index is 0.0485. The number of amides is 2. The first-order valence-corrected chi connectivity index (χ1v) is 10.5. The number of aryl methyl sites for hydroxylation is 1. The van der Waals surface area contributed by atoms with Gasteiger partial charge in [0, 0.05) is 50.2 Å². The van der Waals surface area contributed by atoms with Crippen molar-refractivity contribution in [2.24, 2.45) is 0 Å². The van der Waals surface area contributed by atoms with Crippen LogP contribution in [0.3, 0.4) is 0 Å². The van der Waals surface area contributed by atoms with Crippen molar-refractivity contribution in [2.45, 2.75) is 32.6 Å². The fourth-order valence-corrected chi connectivity index (χ4v) is 4.25. The van der Waals surface area contributed by atoms with Crippen LogP contribution in [0.1, 0.15) is 41.7 Å². The van der Waals surface area contributed by atoms with Gasteiger partial charge in [-0.1, -0.05) is 25.0 Å². The van der Waals surface area contributed by atoms with Gasteiger partial charge in [-0.25, -0.2) is 0 Å². The normalized spacial score (nSPS) is 19.0. The molecule has 0 spiro atoms. The van der Waals surface area contributed by atoms with Gasteiger partial charge in [-0.3, -0.25) is 14.5 Å². The van der Waals surface area contributed by atoms with E-state index in [1.807, 2.05) is 28.9 Å². The summed E-state index contributed by atoms with van der Waals surface area (Å²) in [7, 11) is 0. The highest BCUT2D eigenvalue weighted by molar-refractivity contribution is 5.98. The molecule has 0 aliphatic carbocycles. The third kappa shape index (κ3) is 4.22. The van der Waals surface area contributed by atoms with Crippen LogP contribution in [0.4, 0.5) is 0 Å². The van der Waals surface area contributed by atoms with E-state index in [2.05, 4.69) is 22.0 Å². The molecule has 28 heavy (non-hydrogen) atoms.